The number of benzene rings is 2. The minimum Gasteiger partial charge on any atom is -0.493 e. The van der Waals surface area contributed by atoms with E-state index >= 15 is 0 Å². The molecule has 0 heterocycles. The number of carbonyl (C=O) groups is 3. The molecule has 7 nitrogen and oxygen atoms in total. The number of halogens is 1. The van der Waals surface area contributed by atoms with E-state index in [1.54, 1.807) is 37.3 Å². The van der Waals surface area contributed by atoms with Crippen LogP contribution in [0.1, 0.15) is 34.6 Å². The van der Waals surface area contributed by atoms with Crippen LogP contribution in [0.25, 0.3) is 0 Å². The molecule has 0 unspecified atom stereocenters. The summed E-state index contributed by atoms with van der Waals surface area (Å²) in [5.74, 6) is -1.02. The van der Waals surface area contributed by atoms with Crippen molar-refractivity contribution in [3.8, 4) is 5.75 Å². The number of hydrogen-bond acceptors (Lipinski definition) is 4. The van der Waals surface area contributed by atoms with Crippen LogP contribution in [0.5, 0.6) is 5.75 Å². The van der Waals surface area contributed by atoms with Crippen molar-refractivity contribution in [1.82, 2.24) is 10.9 Å². The lowest BCUT2D eigenvalue weighted by atomic mass is 10.1. The molecular formula is C18H18ClN3O4. The molecule has 3 amide bonds. The second-order valence-electron chi connectivity index (χ2n) is 5.24. The summed E-state index contributed by atoms with van der Waals surface area (Å²) in [7, 11) is 0. The van der Waals surface area contributed by atoms with Crippen molar-refractivity contribution in [2.45, 2.75) is 13.8 Å². The van der Waals surface area contributed by atoms with Crippen LogP contribution in [0.4, 0.5) is 5.69 Å². The molecule has 0 aliphatic heterocycles. The van der Waals surface area contributed by atoms with E-state index in [0.717, 1.165) is 0 Å². The molecule has 0 saturated carbocycles. The molecular weight excluding hydrogens is 358 g/mol. The third-order valence-electron chi connectivity index (χ3n) is 3.22. The van der Waals surface area contributed by atoms with E-state index < -0.39 is 11.8 Å². The standard InChI is InChI=1S/C18H18ClN3O4/c1-3-26-16-10-14(20-11(2)23)7-8-15(16)18(25)22-21-17(24)12-5-4-6-13(19)9-12/h4-10H,3H2,1-2H3,(H,20,23)(H,21,24)(H,22,25). The molecule has 0 spiro atoms. The maximum absolute atomic E-state index is 12.4. The van der Waals surface area contributed by atoms with E-state index in [0.29, 0.717) is 22.9 Å². The highest BCUT2D eigenvalue weighted by Gasteiger charge is 2.15. The lowest BCUT2D eigenvalue weighted by molar-refractivity contribution is -0.114. The minimum atomic E-state index is -0.557. The van der Waals surface area contributed by atoms with Gasteiger partial charge in [0.2, 0.25) is 5.91 Å². The van der Waals surface area contributed by atoms with Crippen molar-refractivity contribution in [2.75, 3.05) is 11.9 Å². The van der Waals surface area contributed by atoms with E-state index in [2.05, 4.69) is 16.2 Å². The minimum absolute atomic E-state index is 0.215. The number of hydrogen-bond donors (Lipinski definition) is 3. The van der Waals surface area contributed by atoms with Crippen molar-refractivity contribution >= 4 is 35.0 Å². The van der Waals surface area contributed by atoms with Crippen LogP contribution in [0.15, 0.2) is 42.5 Å². The Morgan fingerprint density at radius 2 is 1.77 bits per heavy atom. The summed E-state index contributed by atoms with van der Waals surface area (Å²) in [6.45, 7) is 3.48. The molecule has 136 valence electrons. The number of anilines is 1. The molecule has 0 fully saturated rings. The lowest BCUT2D eigenvalue weighted by Gasteiger charge is -2.13. The number of ether oxygens (including phenoxy) is 1. The van der Waals surface area contributed by atoms with Gasteiger partial charge in [-0.3, -0.25) is 25.2 Å². The molecule has 8 heteroatoms. The summed E-state index contributed by atoms with van der Waals surface area (Å²) in [6, 6.07) is 10.9. The van der Waals surface area contributed by atoms with Crippen LogP contribution in [0, 0.1) is 0 Å². The van der Waals surface area contributed by atoms with Crippen LogP contribution in [-0.2, 0) is 4.79 Å². The van der Waals surface area contributed by atoms with Crippen LogP contribution in [0.3, 0.4) is 0 Å². The van der Waals surface area contributed by atoms with Crippen LogP contribution < -0.4 is 20.9 Å². The van der Waals surface area contributed by atoms with Gasteiger partial charge in [0.05, 0.1) is 12.2 Å². The average molecular weight is 376 g/mol. The van der Waals surface area contributed by atoms with Crippen molar-refractivity contribution in [1.29, 1.82) is 0 Å². The summed E-state index contributed by atoms with van der Waals surface area (Å²) in [6.07, 6.45) is 0. The average Bonchev–Trinajstić information content (AvgIpc) is 2.59. The van der Waals surface area contributed by atoms with Gasteiger partial charge in [-0.25, -0.2) is 0 Å². The molecule has 0 radical (unpaired) electrons. The Kier molecular flexibility index (Phi) is 6.57. The molecule has 26 heavy (non-hydrogen) atoms. The topological polar surface area (TPSA) is 96.5 Å². The number of rotatable bonds is 5. The maximum atomic E-state index is 12.4. The number of carbonyl (C=O) groups excluding carboxylic acids is 3. The van der Waals surface area contributed by atoms with E-state index in [9.17, 15) is 14.4 Å². The van der Waals surface area contributed by atoms with E-state index in [-0.39, 0.29) is 17.2 Å². The first-order valence-electron chi connectivity index (χ1n) is 7.81. The van der Waals surface area contributed by atoms with Crippen molar-refractivity contribution < 1.29 is 19.1 Å². The van der Waals surface area contributed by atoms with Crippen LogP contribution in [0.2, 0.25) is 5.02 Å². The van der Waals surface area contributed by atoms with E-state index in [1.807, 2.05) is 0 Å². The first-order chi connectivity index (χ1) is 12.4. The third-order valence-corrected chi connectivity index (χ3v) is 3.46. The Hall–Kier alpha value is -3.06. The highest BCUT2D eigenvalue weighted by atomic mass is 35.5. The third kappa shape index (κ3) is 5.22. The Labute approximate surface area is 155 Å². The summed E-state index contributed by atoms with van der Waals surface area (Å²) < 4.78 is 5.45. The van der Waals surface area contributed by atoms with E-state index in [1.165, 1.54) is 19.1 Å². The zero-order chi connectivity index (χ0) is 19.1. The quantitative estimate of drug-likeness (QED) is 0.700. The number of nitrogens with one attached hydrogen (secondary N) is 3. The fraction of sp³-hybridized carbons (Fsp3) is 0.167. The zero-order valence-electron chi connectivity index (χ0n) is 14.3. The van der Waals surface area contributed by atoms with Gasteiger partial charge >= 0.3 is 0 Å². The van der Waals surface area contributed by atoms with Gasteiger partial charge in [-0.15, -0.1) is 0 Å². The first kappa shape index (κ1) is 19.3. The van der Waals surface area contributed by atoms with Gasteiger partial charge in [0.15, 0.2) is 0 Å². The molecule has 2 rings (SSSR count). The monoisotopic (exact) mass is 375 g/mol. The zero-order valence-corrected chi connectivity index (χ0v) is 15.0. The highest BCUT2D eigenvalue weighted by molar-refractivity contribution is 6.31. The highest BCUT2D eigenvalue weighted by Crippen LogP contribution is 2.23. The van der Waals surface area contributed by atoms with Gasteiger partial charge in [0.25, 0.3) is 11.8 Å². The molecule has 3 N–H and O–H groups in total. The first-order valence-corrected chi connectivity index (χ1v) is 8.19. The molecule has 2 aromatic carbocycles. The van der Waals surface area contributed by atoms with E-state index in [4.69, 9.17) is 16.3 Å². The van der Waals surface area contributed by atoms with Crippen molar-refractivity contribution in [3.05, 3.63) is 58.6 Å². The number of hydrazine groups is 1. The van der Waals surface area contributed by atoms with Gasteiger partial charge < -0.3 is 10.1 Å². The summed E-state index contributed by atoms with van der Waals surface area (Å²) in [4.78, 5) is 35.6. The van der Waals surface area contributed by atoms with Crippen molar-refractivity contribution in [3.63, 3.8) is 0 Å². The molecule has 0 aliphatic carbocycles. The van der Waals surface area contributed by atoms with Crippen LogP contribution in [-0.4, -0.2) is 24.3 Å². The summed E-state index contributed by atoms with van der Waals surface area (Å²) in [5.41, 5.74) is 5.67. The lowest BCUT2D eigenvalue weighted by Crippen LogP contribution is -2.41. The molecule has 2 aromatic rings. The second-order valence-corrected chi connectivity index (χ2v) is 5.68. The Balaban J connectivity index is 2.10. The second kappa shape index (κ2) is 8.87. The van der Waals surface area contributed by atoms with Gasteiger partial charge in [-0.05, 0) is 37.3 Å². The normalized spacial score (nSPS) is 9.96. The van der Waals surface area contributed by atoms with Crippen LogP contribution >= 0.6 is 11.6 Å². The van der Waals surface area contributed by atoms with Gasteiger partial charge in [-0.1, -0.05) is 17.7 Å². The summed E-state index contributed by atoms with van der Waals surface area (Å²) >= 11 is 5.84. The Bertz CT molecular complexity index is 839. The SMILES string of the molecule is CCOc1cc(NC(C)=O)ccc1C(=O)NNC(=O)c1cccc(Cl)c1. The smallest absolute Gasteiger partial charge is 0.273 e. The fourth-order valence-electron chi connectivity index (χ4n) is 2.15. The fourth-order valence-corrected chi connectivity index (χ4v) is 2.34. The maximum Gasteiger partial charge on any atom is 0.273 e. The molecule has 0 aliphatic rings. The molecule has 0 saturated heterocycles. The Morgan fingerprint density at radius 3 is 2.42 bits per heavy atom. The molecule has 0 atom stereocenters. The molecule has 0 bridgehead atoms. The van der Waals surface area contributed by atoms with Crippen molar-refractivity contribution in [2.24, 2.45) is 0 Å². The van der Waals surface area contributed by atoms with Gasteiger partial charge in [0.1, 0.15) is 5.75 Å². The predicted molar refractivity (Wildman–Crippen MR) is 98.3 cm³/mol. The largest absolute Gasteiger partial charge is 0.493 e. The Morgan fingerprint density at radius 1 is 1.04 bits per heavy atom. The number of amides is 3. The summed E-state index contributed by atoms with van der Waals surface area (Å²) in [5, 5.41) is 3.03. The molecule has 0 aromatic heterocycles. The van der Waals surface area contributed by atoms with Gasteiger partial charge in [-0.2, -0.15) is 0 Å². The predicted octanol–water partition coefficient (Wildman–Crippen LogP) is 2.77. The van der Waals surface area contributed by atoms with Gasteiger partial charge in [0, 0.05) is 29.3 Å².